The highest BCUT2D eigenvalue weighted by atomic mass is 79.9. The summed E-state index contributed by atoms with van der Waals surface area (Å²) in [4.78, 5) is 10.4. The summed E-state index contributed by atoms with van der Waals surface area (Å²) < 4.78 is 0.508. The summed E-state index contributed by atoms with van der Waals surface area (Å²) in [6.45, 7) is 4.16. The maximum atomic E-state index is 10.8. The zero-order valence-corrected chi connectivity index (χ0v) is 10.7. The number of nitrogens with zero attached hydrogens (tertiary/aromatic N) is 1. The molecule has 0 saturated heterocycles. The smallest absolute Gasteiger partial charge is 0.283 e. The third-order valence-electron chi connectivity index (χ3n) is 3.44. The minimum absolute atomic E-state index is 0.0434. The van der Waals surface area contributed by atoms with Crippen LogP contribution in [0.5, 0.6) is 0 Å². The second-order valence-corrected chi connectivity index (χ2v) is 5.65. The maximum absolute atomic E-state index is 10.8. The fourth-order valence-corrected chi connectivity index (χ4v) is 2.57. The summed E-state index contributed by atoms with van der Waals surface area (Å²) in [6, 6.07) is 5.32. The Kier molecular flexibility index (Phi) is 2.55. The largest absolute Gasteiger partial charge is 0.327 e. The lowest BCUT2D eigenvalue weighted by atomic mass is 10.0. The van der Waals surface area contributed by atoms with Crippen LogP contribution in [0.2, 0.25) is 0 Å². The average molecular weight is 285 g/mol. The molecule has 2 N–H and O–H groups in total. The van der Waals surface area contributed by atoms with E-state index in [0.717, 1.165) is 5.56 Å². The van der Waals surface area contributed by atoms with Crippen LogP contribution in [0.3, 0.4) is 0 Å². The standard InChI is InChI=1S/C11H13BrN2O2/c1-11(2)9(10(11)13)6-3-4-7(12)8(5-6)14(15)16/h3-5,9-10H,13H2,1-2H3/t9-,10-/m1/s1. The first-order valence-corrected chi connectivity index (χ1v) is 5.84. The van der Waals surface area contributed by atoms with Gasteiger partial charge in [0, 0.05) is 18.0 Å². The van der Waals surface area contributed by atoms with E-state index in [2.05, 4.69) is 29.8 Å². The molecule has 1 aromatic rings. The van der Waals surface area contributed by atoms with E-state index in [1.165, 1.54) is 0 Å². The molecule has 1 aromatic carbocycles. The van der Waals surface area contributed by atoms with Gasteiger partial charge >= 0.3 is 0 Å². The number of hydrogen-bond acceptors (Lipinski definition) is 3. The van der Waals surface area contributed by atoms with E-state index in [-0.39, 0.29) is 28.0 Å². The van der Waals surface area contributed by atoms with E-state index in [4.69, 9.17) is 5.73 Å². The summed E-state index contributed by atoms with van der Waals surface area (Å²) in [7, 11) is 0. The molecule has 0 heterocycles. The van der Waals surface area contributed by atoms with Crippen molar-refractivity contribution in [3.05, 3.63) is 38.3 Å². The third-order valence-corrected chi connectivity index (χ3v) is 4.11. The van der Waals surface area contributed by atoms with E-state index in [1.807, 2.05) is 6.07 Å². The molecule has 0 unspecified atom stereocenters. The lowest BCUT2D eigenvalue weighted by Gasteiger charge is -2.03. The Labute approximate surface area is 102 Å². The number of rotatable bonds is 2. The molecule has 0 aromatic heterocycles. The molecule has 2 rings (SSSR count). The van der Waals surface area contributed by atoms with Crippen LogP contribution in [-0.2, 0) is 0 Å². The zero-order valence-electron chi connectivity index (χ0n) is 9.11. The van der Waals surface area contributed by atoms with Gasteiger partial charge in [-0.2, -0.15) is 0 Å². The van der Waals surface area contributed by atoms with Gasteiger partial charge in [0.05, 0.1) is 9.40 Å². The molecular formula is C11H13BrN2O2. The van der Waals surface area contributed by atoms with Gasteiger partial charge in [0.15, 0.2) is 0 Å². The highest BCUT2D eigenvalue weighted by molar-refractivity contribution is 9.10. The predicted molar refractivity (Wildman–Crippen MR) is 65.3 cm³/mol. The van der Waals surface area contributed by atoms with Crippen molar-refractivity contribution in [3.8, 4) is 0 Å². The van der Waals surface area contributed by atoms with Gasteiger partial charge in [-0.3, -0.25) is 10.1 Å². The summed E-state index contributed by atoms with van der Waals surface area (Å²) >= 11 is 3.17. The zero-order chi connectivity index (χ0) is 12.1. The number of halogens is 1. The van der Waals surface area contributed by atoms with Crippen LogP contribution in [0, 0.1) is 15.5 Å². The van der Waals surface area contributed by atoms with Crippen LogP contribution in [0.15, 0.2) is 22.7 Å². The molecule has 0 amide bonds. The minimum atomic E-state index is -0.380. The van der Waals surface area contributed by atoms with E-state index in [0.29, 0.717) is 4.47 Å². The maximum Gasteiger partial charge on any atom is 0.283 e. The van der Waals surface area contributed by atoms with Gasteiger partial charge in [-0.1, -0.05) is 19.9 Å². The molecule has 0 aliphatic heterocycles. The lowest BCUT2D eigenvalue weighted by Crippen LogP contribution is -2.06. The Bertz CT molecular complexity index is 459. The molecule has 0 spiro atoms. The number of nitrogens with two attached hydrogens (primary N) is 1. The van der Waals surface area contributed by atoms with Crippen molar-refractivity contribution in [2.45, 2.75) is 25.8 Å². The first-order chi connectivity index (χ1) is 7.35. The molecule has 4 nitrogen and oxygen atoms in total. The van der Waals surface area contributed by atoms with E-state index in [1.54, 1.807) is 12.1 Å². The van der Waals surface area contributed by atoms with Crippen molar-refractivity contribution in [2.75, 3.05) is 0 Å². The quantitative estimate of drug-likeness (QED) is 0.671. The van der Waals surface area contributed by atoms with Crippen LogP contribution in [0.25, 0.3) is 0 Å². The molecular weight excluding hydrogens is 272 g/mol. The summed E-state index contributed by atoms with van der Waals surface area (Å²) in [5.74, 6) is 0.222. The summed E-state index contributed by atoms with van der Waals surface area (Å²) in [5.41, 5.74) is 7.06. The molecule has 16 heavy (non-hydrogen) atoms. The van der Waals surface area contributed by atoms with Crippen molar-refractivity contribution < 1.29 is 4.92 Å². The number of hydrogen-bond donors (Lipinski definition) is 1. The SMILES string of the molecule is CC1(C)[C@H](N)[C@H]1c1ccc(Br)c([N+](=O)[O-])c1. The fourth-order valence-electron chi connectivity index (χ4n) is 2.18. The minimum Gasteiger partial charge on any atom is -0.327 e. The average Bonchev–Trinajstić information content (AvgIpc) is 2.67. The van der Waals surface area contributed by atoms with Crippen molar-refractivity contribution in [2.24, 2.45) is 11.1 Å². The van der Waals surface area contributed by atoms with E-state index < -0.39 is 0 Å². The van der Waals surface area contributed by atoms with Crippen LogP contribution in [0.1, 0.15) is 25.3 Å². The second kappa shape index (κ2) is 3.53. The predicted octanol–water partition coefficient (Wildman–Crippen LogP) is 2.81. The number of nitro groups is 1. The topological polar surface area (TPSA) is 69.2 Å². The Hall–Kier alpha value is -0.940. The van der Waals surface area contributed by atoms with Gasteiger partial charge < -0.3 is 5.73 Å². The molecule has 2 atom stereocenters. The summed E-state index contributed by atoms with van der Waals surface area (Å²) in [6.07, 6.45) is 0. The third kappa shape index (κ3) is 1.64. The van der Waals surface area contributed by atoms with Gasteiger partial charge in [0.1, 0.15) is 0 Å². The van der Waals surface area contributed by atoms with Gasteiger partial charge in [-0.15, -0.1) is 0 Å². The van der Waals surface area contributed by atoms with E-state index >= 15 is 0 Å². The monoisotopic (exact) mass is 284 g/mol. The van der Waals surface area contributed by atoms with Crippen molar-refractivity contribution in [1.82, 2.24) is 0 Å². The highest BCUT2D eigenvalue weighted by Gasteiger charge is 2.56. The molecule has 1 aliphatic carbocycles. The Morgan fingerprint density at radius 3 is 2.50 bits per heavy atom. The van der Waals surface area contributed by atoms with Gasteiger partial charge in [0.25, 0.3) is 5.69 Å². The normalized spacial score (nSPS) is 26.5. The second-order valence-electron chi connectivity index (χ2n) is 4.79. The Morgan fingerprint density at radius 2 is 2.06 bits per heavy atom. The number of nitro benzene ring substituents is 1. The molecule has 0 bridgehead atoms. The molecule has 86 valence electrons. The van der Waals surface area contributed by atoms with Crippen LogP contribution in [-0.4, -0.2) is 11.0 Å². The van der Waals surface area contributed by atoms with Gasteiger partial charge in [-0.05, 0) is 33.0 Å². The van der Waals surface area contributed by atoms with Gasteiger partial charge in [-0.25, -0.2) is 0 Å². The molecule has 1 aliphatic rings. The first-order valence-electron chi connectivity index (χ1n) is 5.05. The Balaban J connectivity index is 2.39. The van der Waals surface area contributed by atoms with Crippen molar-refractivity contribution in [3.63, 3.8) is 0 Å². The van der Waals surface area contributed by atoms with E-state index in [9.17, 15) is 10.1 Å². The molecule has 0 radical (unpaired) electrons. The molecule has 5 heteroatoms. The van der Waals surface area contributed by atoms with Gasteiger partial charge in [0.2, 0.25) is 0 Å². The fraction of sp³-hybridized carbons (Fsp3) is 0.455. The van der Waals surface area contributed by atoms with Crippen LogP contribution < -0.4 is 5.73 Å². The molecule has 1 saturated carbocycles. The summed E-state index contributed by atoms with van der Waals surface area (Å²) in [5, 5.41) is 10.8. The van der Waals surface area contributed by atoms with Crippen molar-refractivity contribution in [1.29, 1.82) is 0 Å². The number of benzene rings is 1. The van der Waals surface area contributed by atoms with Crippen LogP contribution in [0.4, 0.5) is 5.69 Å². The lowest BCUT2D eigenvalue weighted by molar-refractivity contribution is -0.385. The first kappa shape index (κ1) is 11.5. The molecule has 1 fully saturated rings. The van der Waals surface area contributed by atoms with Crippen molar-refractivity contribution >= 4 is 21.6 Å². The van der Waals surface area contributed by atoms with Crippen LogP contribution >= 0.6 is 15.9 Å². The highest BCUT2D eigenvalue weighted by Crippen LogP contribution is 2.57. The Morgan fingerprint density at radius 1 is 1.50 bits per heavy atom.